The molecule has 0 heterocycles. The Kier molecular flexibility index (Phi) is 8.04. The van der Waals surface area contributed by atoms with Crippen molar-refractivity contribution in [2.75, 3.05) is 54.4 Å². The van der Waals surface area contributed by atoms with Gasteiger partial charge >= 0.3 is 6.03 Å². The van der Waals surface area contributed by atoms with Crippen LogP contribution in [-0.4, -0.2) is 70.2 Å². The second-order valence-corrected chi connectivity index (χ2v) is 4.14. The smallest absolute Gasteiger partial charge is 0.314 e. The second kappa shape index (κ2) is 8.49. The van der Waals surface area contributed by atoms with E-state index in [1.165, 1.54) is 0 Å². The van der Waals surface area contributed by atoms with E-state index < -0.39 is 0 Å². The molecular formula is C10H24N4O. The standard InChI is InChI=1S/C10H24N4O/c1-13(2)8-5-6-11-10(15)12-7-9-14(3)4/h5-9H2,1-4H3,(H2,11,12,15). The Morgan fingerprint density at radius 3 is 2.00 bits per heavy atom. The number of carbonyl (C=O) groups is 1. The van der Waals surface area contributed by atoms with Gasteiger partial charge in [0.05, 0.1) is 0 Å². The summed E-state index contributed by atoms with van der Waals surface area (Å²) in [5, 5.41) is 5.61. The lowest BCUT2D eigenvalue weighted by Crippen LogP contribution is -2.39. The number of hydrogen-bond acceptors (Lipinski definition) is 3. The summed E-state index contributed by atoms with van der Waals surface area (Å²) in [7, 11) is 8.02. The van der Waals surface area contributed by atoms with Crippen molar-refractivity contribution in [3.63, 3.8) is 0 Å². The van der Waals surface area contributed by atoms with E-state index in [0.29, 0.717) is 6.54 Å². The minimum Gasteiger partial charge on any atom is -0.338 e. The quantitative estimate of drug-likeness (QED) is 0.579. The van der Waals surface area contributed by atoms with Crippen molar-refractivity contribution in [1.29, 1.82) is 0 Å². The summed E-state index contributed by atoms with van der Waals surface area (Å²) >= 11 is 0. The molecule has 2 amide bonds. The molecule has 0 saturated heterocycles. The fourth-order valence-corrected chi connectivity index (χ4v) is 1.05. The first-order valence-electron chi connectivity index (χ1n) is 5.33. The van der Waals surface area contributed by atoms with Gasteiger partial charge in [-0.25, -0.2) is 4.79 Å². The molecule has 0 rings (SSSR count). The van der Waals surface area contributed by atoms with Crippen molar-refractivity contribution >= 4 is 6.03 Å². The van der Waals surface area contributed by atoms with Gasteiger partial charge < -0.3 is 20.4 Å². The van der Waals surface area contributed by atoms with Gasteiger partial charge in [0, 0.05) is 19.6 Å². The van der Waals surface area contributed by atoms with E-state index in [1.54, 1.807) is 0 Å². The Hall–Kier alpha value is -0.810. The number of amides is 2. The predicted molar refractivity (Wildman–Crippen MR) is 63.1 cm³/mol. The number of nitrogens with zero attached hydrogens (tertiary/aromatic N) is 2. The summed E-state index contributed by atoms with van der Waals surface area (Å²) in [6.07, 6.45) is 0.980. The molecule has 15 heavy (non-hydrogen) atoms. The molecule has 0 aromatic heterocycles. The molecule has 0 bridgehead atoms. The first-order chi connectivity index (χ1) is 7.02. The van der Waals surface area contributed by atoms with Crippen molar-refractivity contribution < 1.29 is 4.79 Å². The average molecular weight is 216 g/mol. The molecule has 2 N–H and O–H groups in total. The zero-order chi connectivity index (χ0) is 11.7. The van der Waals surface area contributed by atoms with Crippen molar-refractivity contribution in [1.82, 2.24) is 20.4 Å². The van der Waals surface area contributed by atoms with Gasteiger partial charge in [0.1, 0.15) is 0 Å². The lowest BCUT2D eigenvalue weighted by Gasteiger charge is -2.12. The van der Waals surface area contributed by atoms with Crippen LogP contribution in [0.25, 0.3) is 0 Å². The molecule has 0 unspecified atom stereocenters. The molecular weight excluding hydrogens is 192 g/mol. The van der Waals surface area contributed by atoms with Crippen LogP contribution >= 0.6 is 0 Å². The van der Waals surface area contributed by atoms with Gasteiger partial charge in [0.15, 0.2) is 0 Å². The van der Waals surface area contributed by atoms with E-state index in [1.807, 2.05) is 33.1 Å². The minimum atomic E-state index is -0.0735. The maximum Gasteiger partial charge on any atom is 0.314 e. The van der Waals surface area contributed by atoms with Gasteiger partial charge in [0.25, 0.3) is 0 Å². The second-order valence-electron chi connectivity index (χ2n) is 4.14. The molecule has 0 aromatic rings. The van der Waals surface area contributed by atoms with E-state index in [9.17, 15) is 4.79 Å². The van der Waals surface area contributed by atoms with Crippen LogP contribution in [-0.2, 0) is 0 Å². The Labute approximate surface area is 92.8 Å². The van der Waals surface area contributed by atoms with E-state index in [4.69, 9.17) is 0 Å². The largest absolute Gasteiger partial charge is 0.338 e. The molecule has 0 saturated carbocycles. The van der Waals surface area contributed by atoms with E-state index in [0.717, 1.165) is 26.1 Å². The van der Waals surface area contributed by atoms with E-state index >= 15 is 0 Å². The van der Waals surface area contributed by atoms with Crippen LogP contribution in [0.1, 0.15) is 6.42 Å². The summed E-state index contributed by atoms with van der Waals surface area (Å²) < 4.78 is 0. The minimum absolute atomic E-state index is 0.0735. The van der Waals surface area contributed by atoms with Crippen LogP contribution in [0.15, 0.2) is 0 Å². The third-order valence-corrected chi connectivity index (χ3v) is 1.91. The maximum absolute atomic E-state index is 11.2. The topological polar surface area (TPSA) is 47.6 Å². The van der Waals surface area contributed by atoms with Crippen molar-refractivity contribution in [3.8, 4) is 0 Å². The van der Waals surface area contributed by atoms with Gasteiger partial charge in [0.2, 0.25) is 0 Å². The number of likely N-dealkylation sites (N-methyl/N-ethyl adjacent to an activating group) is 1. The van der Waals surface area contributed by atoms with Crippen molar-refractivity contribution in [2.45, 2.75) is 6.42 Å². The molecule has 5 heteroatoms. The highest BCUT2D eigenvalue weighted by Crippen LogP contribution is 1.80. The van der Waals surface area contributed by atoms with Crippen molar-refractivity contribution in [3.05, 3.63) is 0 Å². The maximum atomic E-state index is 11.2. The average Bonchev–Trinajstić information content (AvgIpc) is 2.11. The number of rotatable bonds is 7. The van der Waals surface area contributed by atoms with Crippen molar-refractivity contribution in [2.24, 2.45) is 0 Å². The Balaban J connectivity index is 3.26. The summed E-state index contributed by atoms with van der Waals surface area (Å²) in [6.45, 7) is 3.28. The zero-order valence-electron chi connectivity index (χ0n) is 10.3. The first kappa shape index (κ1) is 14.2. The lowest BCUT2D eigenvalue weighted by atomic mass is 10.4. The van der Waals surface area contributed by atoms with Gasteiger partial charge in [-0.1, -0.05) is 0 Å². The van der Waals surface area contributed by atoms with Gasteiger partial charge in [-0.2, -0.15) is 0 Å². The van der Waals surface area contributed by atoms with Gasteiger partial charge in [-0.3, -0.25) is 0 Å². The summed E-state index contributed by atoms with van der Waals surface area (Å²) in [5.41, 5.74) is 0. The summed E-state index contributed by atoms with van der Waals surface area (Å²) in [6, 6.07) is -0.0735. The highest BCUT2D eigenvalue weighted by atomic mass is 16.2. The Morgan fingerprint density at radius 1 is 0.933 bits per heavy atom. The first-order valence-corrected chi connectivity index (χ1v) is 5.33. The normalized spacial score (nSPS) is 10.8. The third-order valence-electron chi connectivity index (χ3n) is 1.91. The summed E-state index contributed by atoms with van der Waals surface area (Å²) in [5.74, 6) is 0. The molecule has 0 aliphatic carbocycles. The molecule has 0 radical (unpaired) electrons. The van der Waals surface area contributed by atoms with Crippen LogP contribution < -0.4 is 10.6 Å². The van der Waals surface area contributed by atoms with Crippen LogP contribution in [0.2, 0.25) is 0 Å². The fourth-order valence-electron chi connectivity index (χ4n) is 1.05. The molecule has 0 aliphatic heterocycles. The van der Waals surface area contributed by atoms with Gasteiger partial charge in [-0.05, 0) is 41.2 Å². The monoisotopic (exact) mass is 216 g/mol. The molecule has 90 valence electrons. The van der Waals surface area contributed by atoms with Crippen LogP contribution in [0, 0.1) is 0 Å². The SMILES string of the molecule is CN(C)CCCNC(=O)NCCN(C)C. The molecule has 0 aromatic carbocycles. The van der Waals surface area contributed by atoms with Gasteiger partial charge in [-0.15, -0.1) is 0 Å². The molecule has 0 fully saturated rings. The molecule has 0 spiro atoms. The number of hydrogen-bond donors (Lipinski definition) is 2. The number of carbonyl (C=O) groups excluding carboxylic acids is 1. The summed E-state index contributed by atoms with van der Waals surface area (Å²) in [4.78, 5) is 15.4. The predicted octanol–water partition coefficient (Wildman–Crippen LogP) is -0.201. The zero-order valence-corrected chi connectivity index (χ0v) is 10.3. The highest BCUT2D eigenvalue weighted by Gasteiger charge is 1.98. The third kappa shape index (κ3) is 11.1. The number of nitrogens with one attached hydrogen (secondary N) is 2. The Bertz CT molecular complexity index is 171. The van der Waals surface area contributed by atoms with Crippen LogP contribution in [0.3, 0.4) is 0 Å². The van der Waals surface area contributed by atoms with E-state index in [2.05, 4.69) is 15.5 Å². The van der Waals surface area contributed by atoms with Crippen LogP contribution in [0.5, 0.6) is 0 Å². The fraction of sp³-hybridized carbons (Fsp3) is 0.900. The molecule has 5 nitrogen and oxygen atoms in total. The lowest BCUT2D eigenvalue weighted by molar-refractivity contribution is 0.239. The molecule has 0 atom stereocenters. The highest BCUT2D eigenvalue weighted by molar-refractivity contribution is 5.73. The molecule has 0 aliphatic rings. The van der Waals surface area contributed by atoms with Crippen LogP contribution in [0.4, 0.5) is 4.79 Å². The Morgan fingerprint density at radius 2 is 1.47 bits per heavy atom. The number of urea groups is 1. The van der Waals surface area contributed by atoms with E-state index in [-0.39, 0.29) is 6.03 Å².